The number of nitriles is 1. The molecular formula is C21H22N2O3. The van der Waals surface area contributed by atoms with Gasteiger partial charge >= 0.3 is 0 Å². The predicted octanol–water partition coefficient (Wildman–Crippen LogP) is 4.42. The number of nitrogens with one attached hydrogen (secondary N) is 1. The van der Waals surface area contributed by atoms with Crippen LogP contribution in [0.5, 0.6) is 11.5 Å². The topological polar surface area (TPSA) is 71.3 Å². The van der Waals surface area contributed by atoms with E-state index in [0.29, 0.717) is 29.4 Å². The molecule has 0 saturated carbocycles. The van der Waals surface area contributed by atoms with Crippen LogP contribution in [0, 0.1) is 11.3 Å². The quantitative estimate of drug-likeness (QED) is 0.593. The Balaban J connectivity index is 2.28. The summed E-state index contributed by atoms with van der Waals surface area (Å²) < 4.78 is 11.2. The van der Waals surface area contributed by atoms with Crippen molar-refractivity contribution in [3.05, 3.63) is 59.7 Å². The number of nitrogens with zero attached hydrogens (tertiary/aromatic N) is 1. The van der Waals surface area contributed by atoms with E-state index in [1.807, 2.05) is 51.1 Å². The lowest BCUT2D eigenvalue weighted by Gasteiger charge is -2.13. The number of hydrogen-bond acceptors (Lipinski definition) is 4. The summed E-state index contributed by atoms with van der Waals surface area (Å²) in [5.41, 5.74) is 1.18. The number of carbonyl (C=O) groups is 1. The molecular weight excluding hydrogens is 328 g/mol. The van der Waals surface area contributed by atoms with Gasteiger partial charge in [-0.05, 0) is 45.0 Å². The minimum atomic E-state index is -0.501. The summed E-state index contributed by atoms with van der Waals surface area (Å²) in [7, 11) is 0. The Morgan fingerprint density at radius 3 is 2.46 bits per heavy atom. The second-order valence-electron chi connectivity index (χ2n) is 5.76. The standard InChI is InChI=1S/C21H22N2O3/c1-4-25-20-12-8-6-10-18(20)23-21(24)17(14-22)13-16-9-5-7-11-19(16)26-15(2)3/h5-13,15H,4H2,1-3H3,(H,23,24)/b17-13+. The maximum Gasteiger partial charge on any atom is 0.266 e. The zero-order valence-corrected chi connectivity index (χ0v) is 15.2. The molecule has 5 heteroatoms. The van der Waals surface area contributed by atoms with Crippen LogP contribution in [0.3, 0.4) is 0 Å². The molecule has 0 spiro atoms. The van der Waals surface area contributed by atoms with E-state index in [4.69, 9.17) is 9.47 Å². The molecule has 0 bridgehead atoms. The van der Waals surface area contributed by atoms with Crippen LogP contribution in [-0.4, -0.2) is 18.6 Å². The number of para-hydroxylation sites is 3. The highest BCUT2D eigenvalue weighted by atomic mass is 16.5. The van der Waals surface area contributed by atoms with E-state index in [0.717, 1.165) is 0 Å². The van der Waals surface area contributed by atoms with E-state index in [1.54, 1.807) is 24.3 Å². The zero-order chi connectivity index (χ0) is 18.9. The van der Waals surface area contributed by atoms with Crippen molar-refractivity contribution in [1.82, 2.24) is 0 Å². The monoisotopic (exact) mass is 350 g/mol. The molecule has 2 rings (SSSR count). The van der Waals surface area contributed by atoms with Crippen molar-refractivity contribution in [2.24, 2.45) is 0 Å². The molecule has 0 unspecified atom stereocenters. The molecule has 26 heavy (non-hydrogen) atoms. The van der Waals surface area contributed by atoms with E-state index in [1.165, 1.54) is 6.08 Å². The lowest BCUT2D eigenvalue weighted by Crippen LogP contribution is -2.14. The minimum absolute atomic E-state index is 0.0121. The minimum Gasteiger partial charge on any atom is -0.492 e. The second kappa shape index (κ2) is 9.28. The van der Waals surface area contributed by atoms with Crippen molar-refractivity contribution in [2.75, 3.05) is 11.9 Å². The number of amides is 1. The van der Waals surface area contributed by atoms with E-state index >= 15 is 0 Å². The molecule has 1 N–H and O–H groups in total. The first-order valence-corrected chi connectivity index (χ1v) is 8.45. The molecule has 0 aliphatic carbocycles. The van der Waals surface area contributed by atoms with Crippen molar-refractivity contribution < 1.29 is 14.3 Å². The molecule has 1 amide bonds. The van der Waals surface area contributed by atoms with Crippen molar-refractivity contribution in [2.45, 2.75) is 26.9 Å². The average Bonchev–Trinajstić information content (AvgIpc) is 2.62. The predicted molar refractivity (Wildman–Crippen MR) is 102 cm³/mol. The van der Waals surface area contributed by atoms with Gasteiger partial charge in [0.1, 0.15) is 23.1 Å². The fourth-order valence-corrected chi connectivity index (χ4v) is 2.31. The summed E-state index contributed by atoms with van der Waals surface area (Å²) in [6, 6.07) is 16.3. The highest BCUT2D eigenvalue weighted by Crippen LogP contribution is 2.25. The first-order chi connectivity index (χ1) is 12.5. The molecule has 0 fully saturated rings. The van der Waals surface area contributed by atoms with Crippen molar-refractivity contribution in [3.8, 4) is 17.6 Å². The lowest BCUT2D eigenvalue weighted by molar-refractivity contribution is -0.112. The molecule has 0 aromatic heterocycles. The summed E-state index contributed by atoms with van der Waals surface area (Å²) in [6.07, 6.45) is 1.51. The van der Waals surface area contributed by atoms with Crippen LogP contribution in [-0.2, 0) is 4.79 Å². The molecule has 2 aromatic rings. The molecule has 0 saturated heterocycles. The number of carbonyl (C=O) groups excluding carboxylic acids is 1. The largest absolute Gasteiger partial charge is 0.492 e. The molecule has 0 atom stereocenters. The van der Waals surface area contributed by atoms with E-state index in [-0.39, 0.29) is 11.7 Å². The summed E-state index contributed by atoms with van der Waals surface area (Å²) in [6.45, 7) is 6.19. The third-order valence-electron chi connectivity index (χ3n) is 3.38. The van der Waals surface area contributed by atoms with Gasteiger partial charge in [0.2, 0.25) is 0 Å². The smallest absolute Gasteiger partial charge is 0.266 e. The van der Waals surface area contributed by atoms with E-state index in [2.05, 4.69) is 5.32 Å². The number of hydrogen-bond donors (Lipinski definition) is 1. The molecule has 0 heterocycles. The third kappa shape index (κ3) is 5.12. The lowest BCUT2D eigenvalue weighted by atomic mass is 10.1. The maximum absolute atomic E-state index is 12.5. The van der Waals surface area contributed by atoms with Crippen LogP contribution < -0.4 is 14.8 Å². The van der Waals surface area contributed by atoms with Crippen molar-refractivity contribution >= 4 is 17.7 Å². The van der Waals surface area contributed by atoms with Gasteiger partial charge in [-0.1, -0.05) is 30.3 Å². The number of rotatable bonds is 7. The van der Waals surface area contributed by atoms with Crippen LogP contribution in [0.15, 0.2) is 54.1 Å². The van der Waals surface area contributed by atoms with Gasteiger partial charge in [0.05, 0.1) is 18.4 Å². The average molecular weight is 350 g/mol. The first-order valence-electron chi connectivity index (χ1n) is 8.45. The molecule has 5 nitrogen and oxygen atoms in total. The Bertz CT molecular complexity index is 835. The molecule has 134 valence electrons. The Hall–Kier alpha value is -3.26. The molecule has 0 aliphatic rings. The van der Waals surface area contributed by atoms with Crippen molar-refractivity contribution in [3.63, 3.8) is 0 Å². The Labute approximate surface area is 153 Å². The normalized spacial score (nSPS) is 11.0. The van der Waals surface area contributed by atoms with Gasteiger partial charge in [-0.15, -0.1) is 0 Å². The van der Waals surface area contributed by atoms with Crippen molar-refractivity contribution in [1.29, 1.82) is 5.26 Å². The van der Waals surface area contributed by atoms with Crippen LogP contribution >= 0.6 is 0 Å². The molecule has 0 aliphatic heterocycles. The van der Waals surface area contributed by atoms with Gasteiger partial charge in [0.15, 0.2) is 0 Å². The van der Waals surface area contributed by atoms with Gasteiger partial charge in [0.25, 0.3) is 5.91 Å². The van der Waals surface area contributed by atoms with E-state index in [9.17, 15) is 10.1 Å². The maximum atomic E-state index is 12.5. The van der Waals surface area contributed by atoms with Crippen LogP contribution in [0.4, 0.5) is 5.69 Å². The highest BCUT2D eigenvalue weighted by molar-refractivity contribution is 6.10. The van der Waals surface area contributed by atoms with Gasteiger partial charge in [-0.3, -0.25) is 4.79 Å². The number of anilines is 1. The summed E-state index contributed by atoms with van der Waals surface area (Å²) in [5.74, 6) is 0.681. The van der Waals surface area contributed by atoms with Crippen LogP contribution in [0.25, 0.3) is 6.08 Å². The zero-order valence-electron chi connectivity index (χ0n) is 15.2. The Kier molecular flexibility index (Phi) is 6.81. The van der Waals surface area contributed by atoms with Crippen LogP contribution in [0.2, 0.25) is 0 Å². The summed E-state index contributed by atoms with van der Waals surface area (Å²) >= 11 is 0. The summed E-state index contributed by atoms with van der Waals surface area (Å²) in [4.78, 5) is 12.5. The van der Waals surface area contributed by atoms with Crippen LogP contribution in [0.1, 0.15) is 26.3 Å². The van der Waals surface area contributed by atoms with E-state index < -0.39 is 5.91 Å². The fraction of sp³-hybridized carbons (Fsp3) is 0.238. The number of ether oxygens (including phenoxy) is 2. The van der Waals surface area contributed by atoms with Gasteiger partial charge < -0.3 is 14.8 Å². The fourth-order valence-electron chi connectivity index (χ4n) is 2.31. The molecule has 2 aromatic carbocycles. The number of benzene rings is 2. The third-order valence-corrected chi connectivity index (χ3v) is 3.38. The van der Waals surface area contributed by atoms with Gasteiger partial charge in [0, 0.05) is 5.56 Å². The highest BCUT2D eigenvalue weighted by Gasteiger charge is 2.13. The molecule has 0 radical (unpaired) electrons. The summed E-state index contributed by atoms with van der Waals surface area (Å²) in [5, 5.41) is 12.2. The van der Waals surface area contributed by atoms with Gasteiger partial charge in [-0.2, -0.15) is 5.26 Å². The Morgan fingerprint density at radius 2 is 1.81 bits per heavy atom. The van der Waals surface area contributed by atoms with Gasteiger partial charge in [-0.25, -0.2) is 0 Å². The Morgan fingerprint density at radius 1 is 1.15 bits per heavy atom. The first kappa shape index (κ1) is 19.1. The second-order valence-corrected chi connectivity index (χ2v) is 5.76. The SMILES string of the molecule is CCOc1ccccc1NC(=O)/C(C#N)=C/c1ccccc1OC(C)C.